The summed E-state index contributed by atoms with van der Waals surface area (Å²) >= 11 is 8.49. The molecule has 6 nitrogen and oxygen atoms in total. The first-order valence-electron chi connectivity index (χ1n) is 9.87. The summed E-state index contributed by atoms with van der Waals surface area (Å²) in [7, 11) is 0. The van der Waals surface area contributed by atoms with E-state index in [9.17, 15) is 9.59 Å². The SMILES string of the molecule is CC(C)Oc1ccc(Br)cc1C(=O)NC(=S)NNC(=O)c1ccc(-c2ccccc2)cc1. The third-order valence-electron chi connectivity index (χ3n) is 4.32. The third kappa shape index (κ3) is 6.38. The van der Waals surface area contributed by atoms with Crippen molar-refractivity contribution in [3.8, 4) is 16.9 Å². The first-order chi connectivity index (χ1) is 15.3. The molecule has 3 aromatic rings. The van der Waals surface area contributed by atoms with Gasteiger partial charge in [-0.15, -0.1) is 0 Å². The second kappa shape index (κ2) is 10.9. The average molecular weight is 512 g/mol. The lowest BCUT2D eigenvalue weighted by Crippen LogP contribution is -2.48. The number of hydrazine groups is 1. The summed E-state index contributed by atoms with van der Waals surface area (Å²) in [5.74, 6) is -0.403. The maximum Gasteiger partial charge on any atom is 0.269 e. The van der Waals surface area contributed by atoms with Crippen LogP contribution in [0.3, 0.4) is 0 Å². The molecular weight excluding hydrogens is 490 g/mol. The normalized spacial score (nSPS) is 10.4. The van der Waals surface area contributed by atoms with Crippen molar-refractivity contribution in [1.29, 1.82) is 0 Å². The maximum atomic E-state index is 12.6. The average Bonchev–Trinajstić information content (AvgIpc) is 2.79. The lowest BCUT2D eigenvalue weighted by Gasteiger charge is -2.15. The minimum Gasteiger partial charge on any atom is -0.490 e. The summed E-state index contributed by atoms with van der Waals surface area (Å²) in [6, 6.07) is 22.2. The number of carbonyl (C=O) groups excluding carboxylic acids is 2. The van der Waals surface area contributed by atoms with Crippen LogP contribution in [0.15, 0.2) is 77.3 Å². The maximum absolute atomic E-state index is 12.6. The zero-order valence-electron chi connectivity index (χ0n) is 17.5. The summed E-state index contributed by atoms with van der Waals surface area (Å²) in [5.41, 5.74) is 7.88. The molecule has 3 rings (SSSR count). The Morgan fingerprint density at radius 3 is 2.19 bits per heavy atom. The zero-order chi connectivity index (χ0) is 23.1. The van der Waals surface area contributed by atoms with Gasteiger partial charge < -0.3 is 4.74 Å². The number of nitrogens with one attached hydrogen (secondary N) is 3. The van der Waals surface area contributed by atoms with Crippen molar-refractivity contribution in [2.24, 2.45) is 0 Å². The molecule has 0 atom stereocenters. The molecule has 0 unspecified atom stereocenters. The second-order valence-electron chi connectivity index (χ2n) is 7.11. The Kier molecular flexibility index (Phi) is 7.97. The first kappa shape index (κ1) is 23.4. The van der Waals surface area contributed by atoms with E-state index in [0.717, 1.165) is 15.6 Å². The van der Waals surface area contributed by atoms with Gasteiger partial charge in [-0.25, -0.2) is 0 Å². The zero-order valence-corrected chi connectivity index (χ0v) is 19.9. The summed E-state index contributed by atoms with van der Waals surface area (Å²) in [5, 5.41) is 2.50. The molecule has 0 saturated carbocycles. The molecule has 0 aromatic heterocycles. The van der Waals surface area contributed by atoms with Crippen LogP contribution in [0.5, 0.6) is 5.75 Å². The molecule has 0 fully saturated rings. The van der Waals surface area contributed by atoms with Crippen LogP contribution in [0.2, 0.25) is 0 Å². The number of hydrogen-bond acceptors (Lipinski definition) is 4. The van der Waals surface area contributed by atoms with E-state index in [1.165, 1.54) is 0 Å². The van der Waals surface area contributed by atoms with Gasteiger partial charge in [0.25, 0.3) is 11.8 Å². The number of hydrogen-bond donors (Lipinski definition) is 3. The van der Waals surface area contributed by atoms with Crippen LogP contribution in [0.25, 0.3) is 11.1 Å². The molecule has 3 aromatic carbocycles. The van der Waals surface area contributed by atoms with Crippen LogP contribution in [0.4, 0.5) is 0 Å². The fraction of sp³-hybridized carbons (Fsp3) is 0.125. The van der Waals surface area contributed by atoms with Crippen LogP contribution in [0.1, 0.15) is 34.6 Å². The highest BCUT2D eigenvalue weighted by Gasteiger charge is 2.16. The molecule has 0 spiro atoms. The fourth-order valence-electron chi connectivity index (χ4n) is 2.87. The van der Waals surface area contributed by atoms with Gasteiger partial charge in [-0.1, -0.05) is 58.4 Å². The molecule has 0 aliphatic rings. The lowest BCUT2D eigenvalue weighted by molar-refractivity contribution is 0.0933. The van der Waals surface area contributed by atoms with Gasteiger partial charge in [-0.3, -0.25) is 25.8 Å². The van der Waals surface area contributed by atoms with Crippen molar-refractivity contribution in [3.05, 3.63) is 88.4 Å². The van der Waals surface area contributed by atoms with Crippen molar-refractivity contribution in [2.75, 3.05) is 0 Å². The van der Waals surface area contributed by atoms with Crippen LogP contribution in [0, 0.1) is 0 Å². The number of halogens is 1. The molecule has 0 aliphatic carbocycles. The fourth-order valence-corrected chi connectivity index (χ4v) is 3.37. The van der Waals surface area contributed by atoms with Crippen molar-refractivity contribution < 1.29 is 14.3 Å². The van der Waals surface area contributed by atoms with E-state index in [0.29, 0.717) is 16.9 Å². The summed E-state index contributed by atoms with van der Waals surface area (Å²) in [6.45, 7) is 3.75. The number of rotatable bonds is 5. The molecule has 0 radical (unpaired) electrons. The predicted octanol–water partition coefficient (Wildman–Crippen LogP) is 4.85. The Morgan fingerprint density at radius 2 is 1.53 bits per heavy atom. The number of amides is 2. The monoisotopic (exact) mass is 511 g/mol. The topological polar surface area (TPSA) is 79.5 Å². The number of thiocarbonyl (C=S) groups is 1. The van der Waals surface area contributed by atoms with Gasteiger partial charge in [-0.05, 0) is 67.5 Å². The molecule has 32 heavy (non-hydrogen) atoms. The van der Waals surface area contributed by atoms with Gasteiger partial charge >= 0.3 is 0 Å². The van der Waals surface area contributed by atoms with E-state index in [1.54, 1.807) is 30.3 Å². The number of benzene rings is 3. The van der Waals surface area contributed by atoms with Crippen LogP contribution < -0.4 is 20.9 Å². The number of ether oxygens (including phenoxy) is 1. The van der Waals surface area contributed by atoms with Crippen LogP contribution in [-0.2, 0) is 0 Å². The van der Waals surface area contributed by atoms with Crippen LogP contribution in [-0.4, -0.2) is 23.0 Å². The molecule has 2 amide bonds. The Hall–Kier alpha value is -3.23. The van der Waals surface area contributed by atoms with E-state index in [4.69, 9.17) is 17.0 Å². The van der Waals surface area contributed by atoms with Gasteiger partial charge in [0.1, 0.15) is 5.75 Å². The minimum atomic E-state index is -0.457. The highest BCUT2D eigenvalue weighted by Crippen LogP contribution is 2.24. The Labute approximate surface area is 200 Å². The molecule has 0 saturated heterocycles. The van der Waals surface area contributed by atoms with Gasteiger partial charge in [0.05, 0.1) is 11.7 Å². The second-order valence-corrected chi connectivity index (χ2v) is 8.44. The van der Waals surface area contributed by atoms with E-state index < -0.39 is 5.91 Å². The van der Waals surface area contributed by atoms with Crippen molar-refractivity contribution in [3.63, 3.8) is 0 Å². The minimum absolute atomic E-state index is 0.0419. The standard InChI is InChI=1S/C24H22BrN3O3S/c1-15(2)31-21-13-12-19(25)14-20(21)23(30)26-24(32)28-27-22(29)18-10-8-17(9-11-18)16-6-4-3-5-7-16/h3-15H,1-2H3,(H,27,29)(H2,26,28,30,32). The van der Waals surface area contributed by atoms with Crippen molar-refractivity contribution >= 4 is 45.1 Å². The van der Waals surface area contributed by atoms with Gasteiger partial charge in [0.2, 0.25) is 0 Å². The van der Waals surface area contributed by atoms with Gasteiger partial charge in [0.15, 0.2) is 5.11 Å². The molecule has 0 aliphatic heterocycles. The summed E-state index contributed by atoms with van der Waals surface area (Å²) in [6.07, 6.45) is -0.0969. The van der Waals surface area contributed by atoms with E-state index in [2.05, 4.69) is 32.1 Å². The van der Waals surface area contributed by atoms with Gasteiger partial charge in [-0.2, -0.15) is 0 Å². The third-order valence-corrected chi connectivity index (χ3v) is 5.02. The Bertz CT molecular complexity index is 1120. The van der Waals surface area contributed by atoms with E-state index >= 15 is 0 Å². The Morgan fingerprint density at radius 1 is 0.875 bits per heavy atom. The van der Waals surface area contributed by atoms with E-state index in [-0.39, 0.29) is 17.1 Å². The molecule has 164 valence electrons. The first-order valence-corrected chi connectivity index (χ1v) is 11.1. The number of carbonyl (C=O) groups is 2. The molecule has 8 heteroatoms. The molecule has 3 N–H and O–H groups in total. The summed E-state index contributed by atoms with van der Waals surface area (Å²) in [4.78, 5) is 25.0. The van der Waals surface area contributed by atoms with Crippen molar-refractivity contribution in [2.45, 2.75) is 20.0 Å². The predicted molar refractivity (Wildman–Crippen MR) is 132 cm³/mol. The molecule has 0 heterocycles. The smallest absolute Gasteiger partial charge is 0.269 e. The summed E-state index contributed by atoms with van der Waals surface area (Å²) < 4.78 is 6.41. The lowest BCUT2D eigenvalue weighted by atomic mass is 10.0. The Balaban J connectivity index is 1.57. The molecule has 0 bridgehead atoms. The van der Waals surface area contributed by atoms with E-state index in [1.807, 2.05) is 56.3 Å². The molecular formula is C24H22BrN3O3S. The quantitative estimate of drug-likeness (QED) is 0.337. The van der Waals surface area contributed by atoms with Gasteiger partial charge in [0, 0.05) is 10.0 Å². The highest BCUT2D eigenvalue weighted by atomic mass is 79.9. The van der Waals surface area contributed by atoms with Crippen molar-refractivity contribution in [1.82, 2.24) is 16.2 Å². The van der Waals surface area contributed by atoms with Crippen LogP contribution >= 0.6 is 28.1 Å². The largest absolute Gasteiger partial charge is 0.490 e. The highest BCUT2D eigenvalue weighted by molar-refractivity contribution is 9.10.